The van der Waals surface area contributed by atoms with Crippen molar-refractivity contribution in [3.05, 3.63) is 53.5 Å². The van der Waals surface area contributed by atoms with Crippen molar-refractivity contribution in [1.29, 1.82) is 0 Å². The number of anilines is 1. The largest absolute Gasteiger partial charge is 0.391 e. The molecule has 2 aromatic carbocycles. The third-order valence-corrected chi connectivity index (χ3v) is 8.51. The zero-order chi connectivity index (χ0) is 25.4. The number of nitrogens with one attached hydrogen (secondary N) is 1. The van der Waals surface area contributed by atoms with Crippen LogP contribution in [0.5, 0.6) is 0 Å². The van der Waals surface area contributed by atoms with Gasteiger partial charge in [0.1, 0.15) is 10.4 Å². The highest BCUT2D eigenvalue weighted by Crippen LogP contribution is 2.50. The molecule has 0 aliphatic carbocycles. The Hall–Kier alpha value is -2.38. The number of aromatic nitrogens is 1. The van der Waals surface area contributed by atoms with Crippen molar-refractivity contribution in [1.82, 2.24) is 9.88 Å². The number of hydrogen-bond donors (Lipinski definition) is 4. The second-order valence-electron chi connectivity index (χ2n) is 8.85. The number of rotatable bonds is 6. The summed E-state index contributed by atoms with van der Waals surface area (Å²) < 4.78 is 63.6. The first-order chi connectivity index (χ1) is 16.4. The van der Waals surface area contributed by atoms with E-state index in [0.717, 1.165) is 11.6 Å². The third-order valence-electron chi connectivity index (χ3n) is 6.25. The van der Waals surface area contributed by atoms with Gasteiger partial charge in [0.15, 0.2) is 0 Å². The molecule has 4 rings (SSSR count). The van der Waals surface area contributed by atoms with Gasteiger partial charge in [-0.1, -0.05) is 23.8 Å². The van der Waals surface area contributed by atoms with Crippen LogP contribution in [0.15, 0.2) is 52.9 Å². The van der Waals surface area contributed by atoms with Gasteiger partial charge in [0, 0.05) is 18.7 Å². The number of para-hydroxylation sites is 1. The van der Waals surface area contributed by atoms with Gasteiger partial charge < -0.3 is 10.0 Å². The summed E-state index contributed by atoms with van der Waals surface area (Å²) in [6.07, 6.45) is -4.61. The molecule has 1 saturated heterocycles. The van der Waals surface area contributed by atoms with E-state index >= 15 is 0 Å². The van der Waals surface area contributed by atoms with Gasteiger partial charge in [-0.3, -0.25) is 18.6 Å². The number of carbonyl (C=O) groups is 1. The van der Waals surface area contributed by atoms with E-state index in [9.17, 15) is 32.2 Å². The quantitative estimate of drug-likeness (QED) is 0.313. The average molecular weight is 530 g/mol. The Kier molecular flexibility index (Phi) is 7.04. The van der Waals surface area contributed by atoms with Gasteiger partial charge in [-0.15, -0.1) is 11.3 Å². The summed E-state index contributed by atoms with van der Waals surface area (Å²) >= 11 is 1.39. The van der Waals surface area contributed by atoms with Gasteiger partial charge in [0.2, 0.25) is 0 Å². The molecule has 0 spiro atoms. The number of halogens is 3. The van der Waals surface area contributed by atoms with Gasteiger partial charge in [0.25, 0.3) is 5.91 Å². The number of fused-ring (bicyclic) bond motifs is 1. The first-order valence-corrected chi connectivity index (χ1v) is 13.4. The monoisotopic (exact) mass is 529 g/mol. The number of thiazole rings is 1. The Morgan fingerprint density at radius 2 is 1.86 bits per heavy atom. The van der Waals surface area contributed by atoms with E-state index < -0.39 is 28.5 Å². The van der Waals surface area contributed by atoms with Gasteiger partial charge in [-0.2, -0.15) is 13.2 Å². The molecule has 1 aliphatic rings. The fourth-order valence-corrected chi connectivity index (χ4v) is 6.23. The number of alkyl halides is 3. The topological polar surface area (TPSA) is 106 Å². The second kappa shape index (κ2) is 9.58. The molecule has 0 saturated carbocycles. The van der Waals surface area contributed by atoms with Crippen LogP contribution in [0.25, 0.3) is 10.2 Å². The number of carbonyl (C=O) groups excluding carboxylic acids is 1. The lowest BCUT2D eigenvalue weighted by molar-refractivity contribution is -0.187. The number of aliphatic hydroxyl groups is 1. The van der Waals surface area contributed by atoms with Crippen LogP contribution in [-0.4, -0.2) is 54.9 Å². The van der Waals surface area contributed by atoms with Crippen LogP contribution in [0.4, 0.5) is 18.9 Å². The number of piperidine rings is 1. The summed E-state index contributed by atoms with van der Waals surface area (Å²) in [5, 5.41) is 10.6. The normalized spacial score (nSPS) is 17.9. The molecule has 1 atom stereocenters. The minimum Gasteiger partial charge on any atom is -0.390 e. The molecule has 3 aromatic rings. The number of nitrogens with zero attached hydrogens (tertiary/aromatic N) is 2. The maximum atomic E-state index is 12.9. The van der Waals surface area contributed by atoms with Gasteiger partial charge in [-0.25, -0.2) is 4.98 Å². The SMILES string of the molecule is CC(CC1(O)CCN(C(=O)c2ccc(NS(O)(O)c3cccc4scnc34)cc2)CC1)C(F)(F)F. The van der Waals surface area contributed by atoms with Crippen LogP contribution < -0.4 is 4.72 Å². The Balaban J connectivity index is 1.38. The average Bonchev–Trinajstić information content (AvgIpc) is 3.27. The molecule has 4 N–H and O–H groups in total. The van der Waals surface area contributed by atoms with E-state index in [1.54, 1.807) is 29.8 Å². The molecule has 190 valence electrons. The first kappa shape index (κ1) is 25.7. The molecular weight excluding hydrogens is 503 g/mol. The van der Waals surface area contributed by atoms with E-state index in [2.05, 4.69) is 9.71 Å². The van der Waals surface area contributed by atoms with E-state index in [1.807, 2.05) is 6.07 Å². The minimum absolute atomic E-state index is 0.0713. The van der Waals surface area contributed by atoms with Gasteiger partial charge in [-0.05, 0) is 55.7 Å². The van der Waals surface area contributed by atoms with Crippen molar-refractivity contribution >= 4 is 43.9 Å². The lowest BCUT2D eigenvalue weighted by atomic mass is 9.83. The lowest BCUT2D eigenvalue weighted by Gasteiger charge is -2.39. The van der Waals surface area contributed by atoms with Crippen LogP contribution in [0.2, 0.25) is 0 Å². The molecule has 7 nitrogen and oxygen atoms in total. The van der Waals surface area contributed by atoms with Crippen molar-refractivity contribution in [3.63, 3.8) is 0 Å². The van der Waals surface area contributed by atoms with E-state index in [4.69, 9.17) is 0 Å². The third kappa shape index (κ3) is 5.72. The molecule has 1 fully saturated rings. The summed E-state index contributed by atoms with van der Waals surface area (Å²) in [6, 6.07) is 11.3. The molecule has 1 amide bonds. The molecule has 1 aromatic heterocycles. The number of hydrogen-bond acceptors (Lipinski definition) is 7. The van der Waals surface area contributed by atoms with Crippen LogP contribution in [-0.2, 0) is 0 Å². The van der Waals surface area contributed by atoms with Crippen molar-refractivity contribution in [2.75, 3.05) is 17.8 Å². The van der Waals surface area contributed by atoms with Gasteiger partial charge in [0.05, 0.1) is 27.4 Å². The zero-order valence-electron chi connectivity index (χ0n) is 18.8. The molecule has 35 heavy (non-hydrogen) atoms. The molecule has 2 heterocycles. The zero-order valence-corrected chi connectivity index (χ0v) is 20.5. The van der Waals surface area contributed by atoms with Gasteiger partial charge >= 0.3 is 6.18 Å². The number of amides is 1. The second-order valence-corrected chi connectivity index (χ2v) is 11.5. The Bertz CT molecular complexity index is 1190. The molecule has 0 bridgehead atoms. The van der Waals surface area contributed by atoms with E-state index in [0.29, 0.717) is 16.8 Å². The summed E-state index contributed by atoms with van der Waals surface area (Å²) in [4.78, 5) is 18.9. The molecule has 1 aliphatic heterocycles. The standard InChI is InChI=1S/C23H26F3N3O4S2/c1-15(23(24,25)26)13-22(31)9-11-29(12-10-22)21(30)16-5-7-17(8-6-16)28-35(32,33)19-4-2-3-18-20(19)27-14-34-18/h2-8,14-15,28,31-33H,9-13H2,1H3. The summed E-state index contributed by atoms with van der Waals surface area (Å²) in [7, 11) is -3.41. The fraction of sp³-hybridized carbons (Fsp3) is 0.391. The van der Waals surface area contributed by atoms with Crippen LogP contribution in [0, 0.1) is 5.92 Å². The maximum absolute atomic E-state index is 12.9. The highest BCUT2D eigenvalue weighted by Gasteiger charge is 2.43. The summed E-state index contributed by atoms with van der Waals surface area (Å²) in [5.74, 6) is -1.93. The van der Waals surface area contributed by atoms with Crippen molar-refractivity contribution in [2.24, 2.45) is 5.92 Å². The predicted octanol–water partition coefficient (Wildman–Crippen LogP) is 5.99. The molecule has 0 radical (unpaired) electrons. The minimum atomic E-state index is -4.37. The van der Waals surface area contributed by atoms with Crippen molar-refractivity contribution < 1.29 is 32.2 Å². The van der Waals surface area contributed by atoms with Crippen LogP contribution >= 0.6 is 22.1 Å². The van der Waals surface area contributed by atoms with E-state index in [1.165, 1.54) is 28.4 Å². The Labute approximate surface area is 206 Å². The summed E-state index contributed by atoms with van der Waals surface area (Å²) in [6.45, 7) is 1.35. The smallest absolute Gasteiger partial charge is 0.390 e. The van der Waals surface area contributed by atoms with Crippen LogP contribution in [0.1, 0.15) is 36.5 Å². The Morgan fingerprint density at radius 3 is 2.49 bits per heavy atom. The highest BCUT2D eigenvalue weighted by molar-refractivity contribution is 8.25. The fourth-order valence-electron chi connectivity index (χ4n) is 4.19. The summed E-state index contributed by atoms with van der Waals surface area (Å²) in [5.41, 5.74) is 1.42. The van der Waals surface area contributed by atoms with Crippen LogP contribution in [0.3, 0.4) is 0 Å². The van der Waals surface area contributed by atoms with Crippen molar-refractivity contribution in [3.8, 4) is 0 Å². The number of benzene rings is 2. The molecule has 12 heteroatoms. The predicted molar refractivity (Wildman–Crippen MR) is 131 cm³/mol. The highest BCUT2D eigenvalue weighted by atomic mass is 32.3. The lowest BCUT2D eigenvalue weighted by Crippen LogP contribution is -2.48. The first-order valence-electron chi connectivity index (χ1n) is 10.9. The molecular formula is C23H26F3N3O4S2. The Morgan fingerprint density at radius 1 is 1.20 bits per heavy atom. The number of likely N-dealkylation sites (tertiary alicyclic amines) is 1. The van der Waals surface area contributed by atoms with E-state index in [-0.39, 0.29) is 43.2 Å². The maximum Gasteiger partial charge on any atom is 0.391 e. The van der Waals surface area contributed by atoms with Crippen molar-refractivity contribution in [2.45, 2.75) is 42.9 Å². The molecule has 1 unspecified atom stereocenters.